The van der Waals surface area contributed by atoms with E-state index in [4.69, 9.17) is 15.2 Å². The Morgan fingerprint density at radius 1 is 1.25 bits per heavy atom. The smallest absolute Gasteiger partial charge is 0.124 e. The first-order valence-corrected chi connectivity index (χ1v) is 5.74. The third kappa shape index (κ3) is 2.97. The number of hydrogen-bond acceptors (Lipinski definition) is 3. The Labute approximate surface area is 97.6 Å². The van der Waals surface area contributed by atoms with Crippen LogP contribution in [0.2, 0.25) is 0 Å². The van der Waals surface area contributed by atoms with Crippen LogP contribution in [0.25, 0.3) is 0 Å². The molecule has 3 heteroatoms. The van der Waals surface area contributed by atoms with E-state index >= 15 is 0 Å². The van der Waals surface area contributed by atoms with Gasteiger partial charge in [-0.25, -0.2) is 0 Å². The van der Waals surface area contributed by atoms with Gasteiger partial charge in [-0.3, -0.25) is 0 Å². The fourth-order valence-corrected chi connectivity index (χ4v) is 1.81. The number of nitrogens with two attached hydrogens (primary N) is 1. The van der Waals surface area contributed by atoms with Gasteiger partial charge in [0.2, 0.25) is 0 Å². The van der Waals surface area contributed by atoms with Crippen molar-refractivity contribution in [3.63, 3.8) is 0 Å². The zero-order chi connectivity index (χ0) is 12.0. The average molecular weight is 223 g/mol. The van der Waals surface area contributed by atoms with E-state index < -0.39 is 0 Å². The van der Waals surface area contributed by atoms with Crippen molar-refractivity contribution in [3.05, 3.63) is 29.8 Å². The first kappa shape index (κ1) is 13.0. The second kappa shape index (κ2) is 6.51. The molecule has 1 aromatic carbocycles. The highest BCUT2D eigenvalue weighted by molar-refractivity contribution is 5.36. The van der Waals surface area contributed by atoms with Crippen molar-refractivity contribution in [1.29, 1.82) is 0 Å². The van der Waals surface area contributed by atoms with Gasteiger partial charge in [0, 0.05) is 12.7 Å². The molecule has 0 radical (unpaired) electrons. The number of methoxy groups -OCH3 is 1. The van der Waals surface area contributed by atoms with Crippen molar-refractivity contribution in [1.82, 2.24) is 0 Å². The average Bonchev–Trinajstić information content (AvgIpc) is 2.31. The van der Waals surface area contributed by atoms with Gasteiger partial charge in [0.1, 0.15) is 5.75 Å². The van der Waals surface area contributed by atoms with Gasteiger partial charge in [0.05, 0.1) is 18.8 Å². The van der Waals surface area contributed by atoms with Crippen molar-refractivity contribution in [2.75, 3.05) is 13.7 Å². The van der Waals surface area contributed by atoms with Crippen LogP contribution in [0.5, 0.6) is 5.75 Å². The summed E-state index contributed by atoms with van der Waals surface area (Å²) in [5, 5.41) is 0. The van der Waals surface area contributed by atoms with Gasteiger partial charge in [-0.15, -0.1) is 0 Å². The fraction of sp³-hybridized carbons (Fsp3) is 0.538. The highest BCUT2D eigenvalue weighted by Gasteiger charge is 2.20. The summed E-state index contributed by atoms with van der Waals surface area (Å²) in [6.45, 7) is 4.68. The second-order valence-electron chi connectivity index (χ2n) is 3.68. The SMILES string of the molecule is CCOc1ccccc1C(N)C(CC)OC. The number of hydrogen-bond donors (Lipinski definition) is 1. The minimum atomic E-state index is -0.141. The highest BCUT2D eigenvalue weighted by atomic mass is 16.5. The summed E-state index contributed by atoms with van der Waals surface area (Å²) in [6, 6.07) is 7.73. The second-order valence-corrected chi connectivity index (χ2v) is 3.68. The molecule has 0 amide bonds. The monoisotopic (exact) mass is 223 g/mol. The maximum absolute atomic E-state index is 6.19. The normalized spacial score (nSPS) is 14.5. The van der Waals surface area contributed by atoms with Gasteiger partial charge < -0.3 is 15.2 Å². The van der Waals surface area contributed by atoms with Crippen LogP contribution in [0.1, 0.15) is 31.9 Å². The molecule has 0 heterocycles. The summed E-state index contributed by atoms with van der Waals surface area (Å²) in [6.07, 6.45) is 0.916. The number of para-hydroxylation sites is 1. The van der Waals surface area contributed by atoms with Crippen molar-refractivity contribution in [3.8, 4) is 5.75 Å². The van der Waals surface area contributed by atoms with Crippen LogP contribution < -0.4 is 10.5 Å². The molecule has 0 aromatic heterocycles. The van der Waals surface area contributed by atoms with Crippen molar-refractivity contribution >= 4 is 0 Å². The first-order valence-electron chi connectivity index (χ1n) is 5.74. The predicted octanol–water partition coefficient (Wildman–Crippen LogP) is 2.51. The van der Waals surface area contributed by atoms with Gasteiger partial charge in [-0.05, 0) is 19.4 Å². The van der Waals surface area contributed by atoms with Crippen LogP contribution in [-0.2, 0) is 4.74 Å². The van der Waals surface area contributed by atoms with E-state index in [1.807, 2.05) is 31.2 Å². The molecule has 90 valence electrons. The molecule has 0 aliphatic rings. The Morgan fingerprint density at radius 3 is 2.50 bits per heavy atom. The molecule has 0 aliphatic heterocycles. The quantitative estimate of drug-likeness (QED) is 0.806. The molecule has 0 spiro atoms. The zero-order valence-corrected chi connectivity index (χ0v) is 10.3. The lowest BCUT2D eigenvalue weighted by atomic mass is 9.99. The summed E-state index contributed by atoms with van der Waals surface area (Å²) in [5.74, 6) is 0.855. The maximum atomic E-state index is 6.19. The van der Waals surface area contributed by atoms with Crippen molar-refractivity contribution in [2.24, 2.45) is 5.73 Å². The van der Waals surface area contributed by atoms with Crippen LogP contribution in [0.15, 0.2) is 24.3 Å². The van der Waals surface area contributed by atoms with E-state index in [0.717, 1.165) is 17.7 Å². The van der Waals surface area contributed by atoms with Crippen LogP contribution in [0.4, 0.5) is 0 Å². The molecular weight excluding hydrogens is 202 g/mol. The molecule has 1 rings (SSSR count). The van der Waals surface area contributed by atoms with E-state index in [1.165, 1.54) is 0 Å². The van der Waals surface area contributed by atoms with Crippen LogP contribution in [-0.4, -0.2) is 19.8 Å². The maximum Gasteiger partial charge on any atom is 0.124 e. The molecule has 16 heavy (non-hydrogen) atoms. The van der Waals surface area contributed by atoms with Gasteiger partial charge >= 0.3 is 0 Å². The van der Waals surface area contributed by atoms with E-state index in [2.05, 4.69) is 6.92 Å². The molecule has 2 atom stereocenters. The van der Waals surface area contributed by atoms with E-state index in [1.54, 1.807) is 7.11 Å². The van der Waals surface area contributed by atoms with Crippen molar-refractivity contribution < 1.29 is 9.47 Å². The van der Waals surface area contributed by atoms with Crippen LogP contribution in [0, 0.1) is 0 Å². The van der Waals surface area contributed by atoms with Gasteiger partial charge in [0.25, 0.3) is 0 Å². The third-order valence-electron chi connectivity index (χ3n) is 2.68. The van der Waals surface area contributed by atoms with Crippen LogP contribution in [0.3, 0.4) is 0 Å². The summed E-state index contributed by atoms with van der Waals surface area (Å²) < 4.78 is 10.9. The molecule has 0 bridgehead atoms. The summed E-state index contributed by atoms with van der Waals surface area (Å²) in [4.78, 5) is 0. The van der Waals surface area contributed by atoms with Gasteiger partial charge in [-0.2, -0.15) is 0 Å². The van der Waals surface area contributed by atoms with Gasteiger partial charge in [-0.1, -0.05) is 25.1 Å². The molecule has 0 saturated heterocycles. The Morgan fingerprint density at radius 2 is 1.94 bits per heavy atom. The van der Waals surface area contributed by atoms with E-state index in [0.29, 0.717) is 6.61 Å². The summed E-state index contributed by atoms with van der Waals surface area (Å²) >= 11 is 0. The molecule has 0 fully saturated rings. The largest absolute Gasteiger partial charge is 0.494 e. The number of ether oxygens (including phenoxy) is 2. The number of benzene rings is 1. The molecule has 0 aliphatic carbocycles. The number of rotatable bonds is 6. The van der Waals surface area contributed by atoms with E-state index in [9.17, 15) is 0 Å². The van der Waals surface area contributed by atoms with Gasteiger partial charge in [0.15, 0.2) is 0 Å². The Bertz CT molecular complexity index is 311. The molecule has 2 unspecified atom stereocenters. The highest BCUT2D eigenvalue weighted by Crippen LogP contribution is 2.27. The summed E-state index contributed by atoms with van der Waals surface area (Å²) in [5.41, 5.74) is 7.20. The lowest BCUT2D eigenvalue weighted by Crippen LogP contribution is -2.27. The fourth-order valence-electron chi connectivity index (χ4n) is 1.81. The minimum Gasteiger partial charge on any atom is -0.494 e. The third-order valence-corrected chi connectivity index (χ3v) is 2.68. The Balaban J connectivity index is 2.92. The standard InChI is InChI=1S/C13H21NO2/c1-4-11(15-3)13(14)10-8-6-7-9-12(10)16-5-2/h6-9,11,13H,4-5,14H2,1-3H3. The molecule has 0 saturated carbocycles. The zero-order valence-electron chi connectivity index (χ0n) is 10.3. The Hall–Kier alpha value is -1.06. The molecule has 3 nitrogen and oxygen atoms in total. The molecular formula is C13H21NO2. The van der Waals surface area contributed by atoms with Crippen LogP contribution >= 0.6 is 0 Å². The predicted molar refractivity (Wildman–Crippen MR) is 65.6 cm³/mol. The minimum absolute atomic E-state index is 0.0293. The lowest BCUT2D eigenvalue weighted by molar-refractivity contribution is 0.0762. The molecule has 2 N–H and O–H groups in total. The first-order chi connectivity index (χ1) is 7.74. The van der Waals surface area contributed by atoms with Crippen molar-refractivity contribution in [2.45, 2.75) is 32.4 Å². The Kier molecular flexibility index (Phi) is 5.29. The summed E-state index contributed by atoms with van der Waals surface area (Å²) in [7, 11) is 1.69. The van der Waals surface area contributed by atoms with E-state index in [-0.39, 0.29) is 12.1 Å². The lowest BCUT2D eigenvalue weighted by Gasteiger charge is -2.23. The molecule has 1 aromatic rings. The topological polar surface area (TPSA) is 44.5 Å².